The third-order valence-corrected chi connectivity index (χ3v) is 6.34. The zero-order chi connectivity index (χ0) is 25.8. The van der Waals surface area contributed by atoms with Crippen molar-refractivity contribution in [1.29, 1.82) is 0 Å². The van der Waals surface area contributed by atoms with E-state index >= 15 is 0 Å². The molecule has 36 heavy (non-hydrogen) atoms. The van der Waals surface area contributed by atoms with Crippen LogP contribution in [0.1, 0.15) is 79.8 Å². The maximum absolute atomic E-state index is 12.5. The van der Waals surface area contributed by atoms with Gasteiger partial charge in [0.15, 0.2) is 0 Å². The van der Waals surface area contributed by atoms with Crippen LogP contribution in [-0.2, 0) is 25.6 Å². The Labute approximate surface area is 213 Å². The second kappa shape index (κ2) is 14.3. The molecule has 0 aromatic heterocycles. The van der Waals surface area contributed by atoms with Crippen LogP contribution in [0.3, 0.4) is 0 Å². The first-order valence-corrected chi connectivity index (χ1v) is 12.9. The smallest absolute Gasteiger partial charge is 0.338 e. The molecule has 0 unspecified atom stereocenters. The van der Waals surface area contributed by atoms with Gasteiger partial charge in [0.2, 0.25) is 0 Å². The summed E-state index contributed by atoms with van der Waals surface area (Å²) in [7, 11) is 0. The first-order chi connectivity index (χ1) is 17.4. The van der Waals surface area contributed by atoms with Crippen LogP contribution in [0.25, 0.3) is 6.08 Å². The molecule has 0 aliphatic heterocycles. The number of anilines is 2. The fourth-order valence-corrected chi connectivity index (χ4v) is 4.15. The van der Waals surface area contributed by atoms with Gasteiger partial charge in [-0.2, -0.15) is 0 Å². The fourth-order valence-electron chi connectivity index (χ4n) is 4.15. The number of nitrogen functional groups attached to an aromatic ring is 2. The molecule has 0 atom stereocenters. The summed E-state index contributed by atoms with van der Waals surface area (Å²) < 4.78 is 16.9. The average Bonchev–Trinajstić information content (AvgIpc) is 2.88. The Morgan fingerprint density at radius 1 is 0.944 bits per heavy atom. The van der Waals surface area contributed by atoms with Gasteiger partial charge in [-0.05, 0) is 68.0 Å². The Morgan fingerprint density at radius 3 is 2.36 bits per heavy atom. The van der Waals surface area contributed by atoms with Crippen molar-refractivity contribution in [2.24, 2.45) is 0 Å². The van der Waals surface area contributed by atoms with Crippen molar-refractivity contribution in [2.75, 3.05) is 18.1 Å². The van der Waals surface area contributed by atoms with Crippen molar-refractivity contribution < 1.29 is 23.8 Å². The number of ether oxygens (including phenoxy) is 3. The molecule has 1 aliphatic rings. The van der Waals surface area contributed by atoms with E-state index in [4.69, 9.17) is 25.7 Å². The molecule has 0 spiro atoms. The Hall–Kier alpha value is -3.32. The van der Waals surface area contributed by atoms with Crippen LogP contribution >= 0.6 is 0 Å². The highest BCUT2D eigenvalue weighted by Crippen LogP contribution is 2.25. The Bertz CT molecular complexity index is 1010. The zero-order valence-electron chi connectivity index (χ0n) is 21.1. The summed E-state index contributed by atoms with van der Waals surface area (Å²) >= 11 is 0. The highest BCUT2D eigenvalue weighted by atomic mass is 16.5. The van der Waals surface area contributed by atoms with Crippen LogP contribution in [0.4, 0.5) is 11.4 Å². The predicted molar refractivity (Wildman–Crippen MR) is 142 cm³/mol. The minimum absolute atomic E-state index is 0.0626. The van der Waals surface area contributed by atoms with E-state index in [1.807, 2.05) is 0 Å². The summed E-state index contributed by atoms with van der Waals surface area (Å²) in [4.78, 5) is 24.6. The standard InChI is InChI=1S/C29H38N2O5/c1-2-3-4-5-18-34-25-13-15-26(16-14-25)36-29(33)22-9-6-21(7-10-22)8-17-28(32)35-20-23-11-12-24(30)19-27(23)31/h6-12,17,19,25-26H,2-5,13-16,18,20,30-31H2,1H3/b17-8+. The summed E-state index contributed by atoms with van der Waals surface area (Å²) in [6.07, 6.45) is 11.5. The molecular weight excluding hydrogens is 456 g/mol. The van der Waals surface area contributed by atoms with Gasteiger partial charge >= 0.3 is 11.9 Å². The van der Waals surface area contributed by atoms with Gasteiger partial charge in [-0.3, -0.25) is 0 Å². The summed E-state index contributed by atoms with van der Waals surface area (Å²) in [6.45, 7) is 3.09. The largest absolute Gasteiger partial charge is 0.459 e. The minimum atomic E-state index is -0.491. The van der Waals surface area contributed by atoms with Gasteiger partial charge in [-0.1, -0.05) is 44.4 Å². The number of unbranched alkanes of at least 4 members (excludes halogenated alkanes) is 3. The monoisotopic (exact) mass is 494 g/mol. The van der Waals surface area contributed by atoms with Crippen molar-refractivity contribution in [2.45, 2.75) is 77.1 Å². The maximum Gasteiger partial charge on any atom is 0.338 e. The Morgan fingerprint density at radius 2 is 1.67 bits per heavy atom. The lowest BCUT2D eigenvalue weighted by molar-refractivity contribution is -0.138. The van der Waals surface area contributed by atoms with Crippen molar-refractivity contribution in [3.63, 3.8) is 0 Å². The molecular formula is C29H38N2O5. The molecule has 0 heterocycles. The molecule has 7 heteroatoms. The zero-order valence-corrected chi connectivity index (χ0v) is 21.1. The van der Waals surface area contributed by atoms with Crippen LogP contribution in [-0.4, -0.2) is 30.8 Å². The molecule has 2 aromatic rings. The molecule has 7 nitrogen and oxygen atoms in total. The quantitative estimate of drug-likeness (QED) is 0.169. The first kappa shape index (κ1) is 27.3. The van der Waals surface area contributed by atoms with Gasteiger partial charge in [-0.25, -0.2) is 9.59 Å². The predicted octanol–water partition coefficient (Wildman–Crippen LogP) is 5.67. The van der Waals surface area contributed by atoms with E-state index in [0.29, 0.717) is 22.5 Å². The van der Waals surface area contributed by atoms with Crippen molar-refractivity contribution in [3.8, 4) is 0 Å². The normalized spacial score (nSPS) is 17.7. The fraction of sp³-hybridized carbons (Fsp3) is 0.448. The molecule has 194 valence electrons. The van der Waals surface area contributed by atoms with Crippen LogP contribution < -0.4 is 11.5 Å². The molecule has 1 fully saturated rings. The molecule has 1 saturated carbocycles. The van der Waals surface area contributed by atoms with Crippen molar-refractivity contribution in [3.05, 3.63) is 65.2 Å². The van der Waals surface area contributed by atoms with Gasteiger partial charge in [-0.15, -0.1) is 0 Å². The number of carbonyl (C=O) groups is 2. The molecule has 2 aromatic carbocycles. The first-order valence-electron chi connectivity index (χ1n) is 12.9. The Balaban J connectivity index is 1.38. The number of esters is 2. The molecule has 3 rings (SSSR count). The van der Waals surface area contributed by atoms with Gasteiger partial charge in [0, 0.05) is 29.6 Å². The summed E-state index contributed by atoms with van der Waals surface area (Å²) in [5.41, 5.74) is 14.5. The third-order valence-electron chi connectivity index (χ3n) is 6.34. The SMILES string of the molecule is CCCCCCOC1CCC(OC(=O)c2ccc(/C=C/C(=O)OCc3ccc(N)cc3N)cc2)CC1. The molecule has 0 saturated heterocycles. The summed E-state index contributed by atoms with van der Waals surface area (Å²) in [6, 6.07) is 12.0. The molecule has 0 bridgehead atoms. The number of nitrogens with two attached hydrogens (primary N) is 2. The van der Waals surface area contributed by atoms with E-state index in [1.165, 1.54) is 25.3 Å². The summed E-state index contributed by atoms with van der Waals surface area (Å²) in [5, 5.41) is 0. The molecule has 0 radical (unpaired) electrons. The van der Waals surface area contributed by atoms with E-state index in [-0.39, 0.29) is 24.8 Å². The Kier molecular flexibility index (Phi) is 10.8. The number of hydrogen-bond acceptors (Lipinski definition) is 7. The van der Waals surface area contributed by atoms with Gasteiger partial charge < -0.3 is 25.7 Å². The van der Waals surface area contributed by atoms with Crippen molar-refractivity contribution >= 4 is 29.4 Å². The van der Waals surface area contributed by atoms with Gasteiger partial charge in [0.05, 0.1) is 11.7 Å². The van der Waals surface area contributed by atoms with E-state index in [9.17, 15) is 9.59 Å². The minimum Gasteiger partial charge on any atom is -0.459 e. The van der Waals surface area contributed by atoms with E-state index in [2.05, 4.69) is 6.92 Å². The van der Waals surface area contributed by atoms with E-state index in [1.54, 1.807) is 48.5 Å². The maximum atomic E-state index is 12.5. The number of carbonyl (C=O) groups excluding carboxylic acids is 2. The van der Waals surface area contributed by atoms with Crippen molar-refractivity contribution in [1.82, 2.24) is 0 Å². The molecule has 1 aliphatic carbocycles. The lowest BCUT2D eigenvalue weighted by Gasteiger charge is -2.28. The highest BCUT2D eigenvalue weighted by Gasteiger charge is 2.24. The second-order valence-corrected chi connectivity index (χ2v) is 9.26. The number of hydrogen-bond donors (Lipinski definition) is 2. The van der Waals surface area contributed by atoms with Gasteiger partial charge in [0.1, 0.15) is 12.7 Å². The summed E-state index contributed by atoms with van der Waals surface area (Å²) in [5.74, 6) is -0.815. The topological polar surface area (TPSA) is 114 Å². The van der Waals surface area contributed by atoms with E-state index in [0.717, 1.165) is 44.3 Å². The van der Waals surface area contributed by atoms with Crippen LogP contribution in [0, 0.1) is 0 Å². The molecule has 4 N–H and O–H groups in total. The third kappa shape index (κ3) is 9.04. The highest BCUT2D eigenvalue weighted by molar-refractivity contribution is 5.90. The lowest BCUT2D eigenvalue weighted by atomic mass is 9.95. The van der Waals surface area contributed by atoms with E-state index < -0.39 is 5.97 Å². The van der Waals surface area contributed by atoms with Crippen LogP contribution in [0.15, 0.2) is 48.5 Å². The lowest BCUT2D eigenvalue weighted by Crippen LogP contribution is -2.28. The second-order valence-electron chi connectivity index (χ2n) is 9.26. The van der Waals surface area contributed by atoms with Crippen LogP contribution in [0.5, 0.6) is 0 Å². The average molecular weight is 495 g/mol. The number of rotatable bonds is 12. The van der Waals surface area contributed by atoms with Crippen LogP contribution in [0.2, 0.25) is 0 Å². The molecule has 0 amide bonds. The number of benzene rings is 2. The van der Waals surface area contributed by atoms with Gasteiger partial charge in [0.25, 0.3) is 0 Å².